The van der Waals surface area contributed by atoms with Crippen LogP contribution in [0.15, 0.2) is 9.57 Å². The minimum absolute atomic E-state index is 0.305. The van der Waals surface area contributed by atoms with Gasteiger partial charge in [0.1, 0.15) is 12.7 Å². The number of carbonyl (C=O) groups excluding carboxylic acids is 1. The standard InChI is InChI=1S/C11H15N3O6/c1-11(2,3)20-10(17)8-13-5(7(12)19-8)6(9(15)16)14-18-4/h12H2,1-4H3,(H,15,16)/b14-6-. The Hall–Kier alpha value is -2.58. The number of rotatable bonds is 4. The van der Waals surface area contributed by atoms with Gasteiger partial charge in [-0.2, -0.15) is 4.98 Å². The average Bonchev–Trinajstić information content (AvgIpc) is 2.65. The second-order valence-corrected chi connectivity index (χ2v) is 4.66. The van der Waals surface area contributed by atoms with E-state index in [1.54, 1.807) is 20.8 Å². The van der Waals surface area contributed by atoms with Gasteiger partial charge in [0.25, 0.3) is 0 Å². The monoisotopic (exact) mass is 285 g/mol. The lowest BCUT2D eigenvalue weighted by atomic mass is 10.2. The summed E-state index contributed by atoms with van der Waals surface area (Å²) >= 11 is 0. The maximum absolute atomic E-state index is 11.7. The molecule has 110 valence electrons. The Morgan fingerprint density at radius 3 is 2.45 bits per heavy atom. The highest BCUT2D eigenvalue weighted by atomic mass is 16.6. The lowest BCUT2D eigenvalue weighted by molar-refractivity contribution is -0.129. The highest BCUT2D eigenvalue weighted by molar-refractivity contribution is 6.42. The number of nitrogens with two attached hydrogens (primary N) is 1. The van der Waals surface area contributed by atoms with Crippen molar-refractivity contribution in [3.8, 4) is 0 Å². The molecular weight excluding hydrogens is 270 g/mol. The molecule has 0 amide bonds. The Morgan fingerprint density at radius 2 is 2.00 bits per heavy atom. The molecule has 0 radical (unpaired) electrons. The minimum atomic E-state index is -1.43. The van der Waals surface area contributed by atoms with Crippen LogP contribution in [0.1, 0.15) is 37.2 Å². The van der Waals surface area contributed by atoms with Gasteiger partial charge in [-0.15, -0.1) is 0 Å². The highest BCUT2D eigenvalue weighted by Crippen LogP contribution is 2.18. The third-order valence-corrected chi connectivity index (χ3v) is 1.84. The van der Waals surface area contributed by atoms with Gasteiger partial charge in [-0.25, -0.2) is 9.59 Å². The fourth-order valence-electron chi connectivity index (χ4n) is 1.19. The lowest BCUT2D eigenvalue weighted by Crippen LogP contribution is -2.24. The van der Waals surface area contributed by atoms with Crippen LogP contribution in [-0.2, 0) is 14.4 Å². The van der Waals surface area contributed by atoms with E-state index in [0.29, 0.717) is 0 Å². The Balaban J connectivity index is 3.13. The van der Waals surface area contributed by atoms with Crippen LogP contribution in [-0.4, -0.2) is 40.5 Å². The molecule has 1 aromatic rings. The van der Waals surface area contributed by atoms with Gasteiger partial charge in [-0.1, -0.05) is 5.16 Å². The minimum Gasteiger partial charge on any atom is -0.476 e. The van der Waals surface area contributed by atoms with Gasteiger partial charge in [-0.05, 0) is 20.8 Å². The van der Waals surface area contributed by atoms with Crippen LogP contribution in [0.2, 0.25) is 0 Å². The Kier molecular flexibility index (Phi) is 4.33. The van der Waals surface area contributed by atoms with Crippen molar-refractivity contribution < 1.29 is 28.7 Å². The molecule has 1 rings (SSSR count). The molecule has 20 heavy (non-hydrogen) atoms. The first kappa shape index (κ1) is 15.5. The predicted octanol–water partition coefficient (Wildman–Crippen LogP) is 0.647. The molecule has 0 aromatic carbocycles. The maximum Gasteiger partial charge on any atom is 0.395 e. The summed E-state index contributed by atoms with van der Waals surface area (Å²) in [6.07, 6.45) is 0. The quantitative estimate of drug-likeness (QED) is 0.467. The molecule has 3 N–H and O–H groups in total. The molecule has 0 aliphatic heterocycles. The largest absolute Gasteiger partial charge is 0.476 e. The van der Waals surface area contributed by atoms with Crippen LogP contribution in [0.3, 0.4) is 0 Å². The van der Waals surface area contributed by atoms with Gasteiger partial charge in [-0.3, -0.25) is 0 Å². The number of carboxylic acid groups (broad SMARTS) is 1. The SMILES string of the molecule is CO/N=C(\C(=O)O)c1nc(C(=O)OC(C)(C)C)oc1N. The van der Waals surface area contributed by atoms with Crippen molar-refractivity contribution >= 4 is 23.5 Å². The average molecular weight is 285 g/mol. The number of ether oxygens (including phenoxy) is 1. The predicted molar refractivity (Wildman–Crippen MR) is 67.3 cm³/mol. The van der Waals surface area contributed by atoms with Crippen molar-refractivity contribution in [1.82, 2.24) is 4.98 Å². The summed E-state index contributed by atoms with van der Waals surface area (Å²) in [6, 6.07) is 0. The molecule has 0 spiro atoms. The first-order valence-corrected chi connectivity index (χ1v) is 5.50. The zero-order valence-corrected chi connectivity index (χ0v) is 11.5. The lowest BCUT2D eigenvalue weighted by Gasteiger charge is -2.17. The number of carboxylic acids is 1. The Morgan fingerprint density at radius 1 is 1.40 bits per heavy atom. The number of aliphatic carboxylic acids is 1. The van der Waals surface area contributed by atoms with Gasteiger partial charge in [0, 0.05) is 0 Å². The van der Waals surface area contributed by atoms with Crippen molar-refractivity contribution in [3.63, 3.8) is 0 Å². The molecule has 0 aliphatic rings. The van der Waals surface area contributed by atoms with Crippen LogP contribution in [0.4, 0.5) is 5.88 Å². The summed E-state index contributed by atoms with van der Waals surface area (Å²) in [4.78, 5) is 30.8. The smallest absolute Gasteiger partial charge is 0.395 e. The fraction of sp³-hybridized carbons (Fsp3) is 0.455. The zero-order chi connectivity index (χ0) is 15.5. The second kappa shape index (κ2) is 5.59. The van der Waals surface area contributed by atoms with Crippen molar-refractivity contribution in [3.05, 3.63) is 11.6 Å². The Bertz CT molecular complexity index is 555. The normalized spacial score (nSPS) is 12.1. The number of nitrogen functional groups attached to an aromatic ring is 1. The number of hydrogen-bond donors (Lipinski definition) is 2. The first-order valence-electron chi connectivity index (χ1n) is 5.50. The van der Waals surface area contributed by atoms with Crippen LogP contribution in [0.5, 0.6) is 0 Å². The molecule has 9 heteroatoms. The molecular formula is C11H15N3O6. The van der Waals surface area contributed by atoms with E-state index in [1.807, 2.05) is 0 Å². The summed E-state index contributed by atoms with van der Waals surface area (Å²) in [7, 11) is 1.16. The van der Waals surface area contributed by atoms with E-state index in [4.69, 9.17) is 20.0 Å². The summed E-state index contributed by atoms with van der Waals surface area (Å²) in [5, 5.41) is 12.2. The van der Waals surface area contributed by atoms with Gasteiger partial charge >= 0.3 is 17.8 Å². The van der Waals surface area contributed by atoms with Crippen LogP contribution in [0.25, 0.3) is 0 Å². The van der Waals surface area contributed by atoms with Gasteiger partial charge in [0.05, 0.1) is 0 Å². The number of esters is 1. The molecule has 9 nitrogen and oxygen atoms in total. The van der Waals surface area contributed by atoms with E-state index in [9.17, 15) is 9.59 Å². The number of hydrogen-bond acceptors (Lipinski definition) is 8. The van der Waals surface area contributed by atoms with Gasteiger partial charge in [0.15, 0.2) is 5.69 Å². The highest BCUT2D eigenvalue weighted by Gasteiger charge is 2.28. The summed E-state index contributed by atoms with van der Waals surface area (Å²) in [6.45, 7) is 4.98. The topological polar surface area (TPSA) is 137 Å². The molecule has 0 aliphatic carbocycles. The molecule has 0 fully saturated rings. The summed E-state index contributed by atoms with van der Waals surface area (Å²) in [5.41, 5.74) is 3.84. The van der Waals surface area contributed by atoms with Crippen molar-refractivity contribution in [2.24, 2.45) is 5.16 Å². The number of aromatic nitrogens is 1. The number of carbonyl (C=O) groups is 2. The number of anilines is 1. The van der Waals surface area contributed by atoms with Crippen LogP contribution >= 0.6 is 0 Å². The third-order valence-electron chi connectivity index (χ3n) is 1.84. The first-order chi connectivity index (χ1) is 9.15. The van der Waals surface area contributed by atoms with E-state index in [2.05, 4.69) is 15.0 Å². The van der Waals surface area contributed by atoms with Crippen molar-refractivity contribution in [1.29, 1.82) is 0 Å². The number of nitrogens with zero attached hydrogens (tertiary/aromatic N) is 2. The van der Waals surface area contributed by atoms with Crippen LogP contribution < -0.4 is 5.73 Å². The molecule has 1 heterocycles. The number of oxazole rings is 1. The third kappa shape index (κ3) is 3.70. The van der Waals surface area contributed by atoms with Crippen molar-refractivity contribution in [2.75, 3.05) is 12.8 Å². The van der Waals surface area contributed by atoms with E-state index < -0.39 is 29.1 Å². The molecule has 0 unspecified atom stereocenters. The van der Waals surface area contributed by atoms with Crippen LogP contribution in [0, 0.1) is 0 Å². The van der Waals surface area contributed by atoms with E-state index in [-0.39, 0.29) is 11.6 Å². The molecule has 0 atom stereocenters. The van der Waals surface area contributed by atoms with Gasteiger partial charge in [0.2, 0.25) is 11.6 Å². The van der Waals surface area contributed by atoms with E-state index in [0.717, 1.165) is 7.11 Å². The van der Waals surface area contributed by atoms with E-state index >= 15 is 0 Å². The summed E-state index contributed by atoms with van der Waals surface area (Å²) < 4.78 is 9.92. The fourth-order valence-corrected chi connectivity index (χ4v) is 1.19. The van der Waals surface area contributed by atoms with Gasteiger partial charge < -0.3 is 24.8 Å². The number of oxime groups is 1. The molecule has 0 saturated carbocycles. The van der Waals surface area contributed by atoms with Crippen molar-refractivity contribution in [2.45, 2.75) is 26.4 Å². The van der Waals surface area contributed by atoms with E-state index in [1.165, 1.54) is 0 Å². The second-order valence-electron chi connectivity index (χ2n) is 4.66. The molecule has 0 saturated heterocycles. The molecule has 0 bridgehead atoms. The summed E-state index contributed by atoms with van der Waals surface area (Å²) in [5.74, 6) is -3.12. The maximum atomic E-state index is 11.7. The Labute approximate surface area is 114 Å². The molecule has 1 aromatic heterocycles. The zero-order valence-electron chi connectivity index (χ0n) is 11.5.